The lowest BCUT2D eigenvalue weighted by molar-refractivity contribution is -0.140. The van der Waals surface area contributed by atoms with Crippen molar-refractivity contribution < 1.29 is 17.6 Å². The van der Waals surface area contributed by atoms with E-state index in [0.717, 1.165) is 11.6 Å². The van der Waals surface area contributed by atoms with Crippen molar-refractivity contribution in [2.24, 2.45) is 5.73 Å². The van der Waals surface area contributed by atoms with Crippen LogP contribution in [-0.4, -0.2) is 4.98 Å². The minimum Gasteiger partial charge on any atom is -0.324 e. The molecule has 0 radical (unpaired) electrons. The highest BCUT2D eigenvalue weighted by Gasteiger charge is 2.35. The van der Waals surface area contributed by atoms with Crippen molar-refractivity contribution in [3.8, 4) is 0 Å². The molecule has 0 aliphatic rings. The number of aromatic nitrogens is 1. The number of aryl methyl sites for hydroxylation is 1. The molecule has 0 bridgehead atoms. The van der Waals surface area contributed by atoms with Crippen molar-refractivity contribution in [1.82, 2.24) is 4.98 Å². The maximum Gasteiger partial charge on any atom is 0.419 e. The second-order valence-corrected chi connectivity index (χ2v) is 4.84. The summed E-state index contributed by atoms with van der Waals surface area (Å²) < 4.78 is 52.0. The molecule has 1 unspecified atom stereocenters. The number of rotatable bonds is 3. The Morgan fingerprint density at radius 2 is 1.90 bits per heavy atom. The molecule has 21 heavy (non-hydrogen) atoms. The van der Waals surface area contributed by atoms with Crippen LogP contribution in [0.15, 0.2) is 36.5 Å². The molecule has 2 aromatic rings. The molecule has 112 valence electrons. The molecule has 0 aliphatic heterocycles. The van der Waals surface area contributed by atoms with Gasteiger partial charge in [-0.2, -0.15) is 13.2 Å². The summed E-state index contributed by atoms with van der Waals surface area (Å²) in [7, 11) is 0. The van der Waals surface area contributed by atoms with Crippen LogP contribution >= 0.6 is 0 Å². The fraction of sp³-hybridized carbons (Fsp3) is 0.267. The highest BCUT2D eigenvalue weighted by atomic mass is 19.4. The third-order valence-electron chi connectivity index (χ3n) is 3.14. The van der Waals surface area contributed by atoms with E-state index in [2.05, 4.69) is 4.98 Å². The smallest absolute Gasteiger partial charge is 0.324 e. The number of hydrogen-bond acceptors (Lipinski definition) is 2. The Morgan fingerprint density at radius 1 is 1.19 bits per heavy atom. The maximum atomic E-state index is 14.0. The Morgan fingerprint density at radius 3 is 2.48 bits per heavy atom. The van der Waals surface area contributed by atoms with Gasteiger partial charge in [0.05, 0.1) is 5.56 Å². The second kappa shape index (κ2) is 5.81. The summed E-state index contributed by atoms with van der Waals surface area (Å²) in [5.41, 5.74) is 5.93. The average molecular weight is 298 g/mol. The van der Waals surface area contributed by atoms with E-state index in [1.54, 1.807) is 12.3 Å². The molecule has 1 aromatic carbocycles. The Balaban J connectivity index is 2.27. The second-order valence-electron chi connectivity index (χ2n) is 4.84. The van der Waals surface area contributed by atoms with Crippen LogP contribution in [0, 0.1) is 12.7 Å². The minimum absolute atomic E-state index is 0.160. The maximum absolute atomic E-state index is 14.0. The quantitative estimate of drug-likeness (QED) is 0.876. The van der Waals surface area contributed by atoms with E-state index in [-0.39, 0.29) is 12.0 Å². The fourth-order valence-electron chi connectivity index (χ4n) is 2.01. The van der Waals surface area contributed by atoms with Gasteiger partial charge in [0, 0.05) is 29.9 Å². The average Bonchev–Trinajstić information content (AvgIpc) is 2.40. The number of benzene rings is 1. The van der Waals surface area contributed by atoms with E-state index in [0.29, 0.717) is 11.8 Å². The first kappa shape index (κ1) is 15.4. The number of nitrogens with two attached hydrogens (primary N) is 1. The molecule has 1 atom stereocenters. The zero-order chi connectivity index (χ0) is 15.6. The number of nitrogens with zero attached hydrogens (tertiary/aromatic N) is 1. The van der Waals surface area contributed by atoms with Crippen LogP contribution in [0.5, 0.6) is 0 Å². The van der Waals surface area contributed by atoms with Crippen molar-refractivity contribution in [3.05, 3.63) is 64.7 Å². The fourth-order valence-corrected chi connectivity index (χ4v) is 2.01. The molecule has 1 heterocycles. The highest BCUT2D eigenvalue weighted by Crippen LogP contribution is 2.33. The summed E-state index contributed by atoms with van der Waals surface area (Å²) in [6, 6.07) is 5.78. The summed E-state index contributed by atoms with van der Waals surface area (Å²) >= 11 is 0. The molecule has 0 fully saturated rings. The molecular formula is C15H14F4N2. The van der Waals surface area contributed by atoms with Crippen molar-refractivity contribution in [3.63, 3.8) is 0 Å². The van der Waals surface area contributed by atoms with Gasteiger partial charge in [-0.15, -0.1) is 0 Å². The zero-order valence-electron chi connectivity index (χ0n) is 11.3. The van der Waals surface area contributed by atoms with Gasteiger partial charge in [-0.1, -0.05) is 18.2 Å². The van der Waals surface area contributed by atoms with Crippen LogP contribution in [0.2, 0.25) is 0 Å². The largest absolute Gasteiger partial charge is 0.419 e. The van der Waals surface area contributed by atoms with Gasteiger partial charge in [0.2, 0.25) is 0 Å². The molecule has 2 nitrogen and oxygen atoms in total. The third-order valence-corrected chi connectivity index (χ3v) is 3.14. The van der Waals surface area contributed by atoms with E-state index in [4.69, 9.17) is 5.73 Å². The topological polar surface area (TPSA) is 38.9 Å². The van der Waals surface area contributed by atoms with Crippen LogP contribution in [0.1, 0.15) is 28.4 Å². The zero-order valence-corrected chi connectivity index (χ0v) is 11.3. The molecule has 2 rings (SSSR count). The summed E-state index contributed by atoms with van der Waals surface area (Å²) in [4.78, 5) is 4.12. The number of alkyl halides is 3. The predicted molar refractivity (Wildman–Crippen MR) is 71.0 cm³/mol. The number of halogens is 4. The van der Waals surface area contributed by atoms with E-state index in [1.807, 2.05) is 13.0 Å². The minimum atomic E-state index is -4.73. The lowest BCUT2D eigenvalue weighted by atomic mass is 9.99. The predicted octanol–water partition coefficient (Wildman–Crippen LogP) is 3.79. The van der Waals surface area contributed by atoms with E-state index >= 15 is 0 Å². The number of hydrogen-bond donors (Lipinski definition) is 1. The lowest BCUT2D eigenvalue weighted by Crippen LogP contribution is -2.18. The van der Waals surface area contributed by atoms with Gasteiger partial charge in [0.25, 0.3) is 0 Å². The molecule has 0 saturated carbocycles. The molecule has 0 amide bonds. The van der Waals surface area contributed by atoms with Crippen LogP contribution in [0.4, 0.5) is 17.6 Å². The van der Waals surface area contributed by atoms with Crippen molar-refractivity contribution >= 4 is 0 Å². The Bertz CT molecular complexity index is 621. The molecule has 0 aliphatic carbocycles. The summed E-state index contributed by atoms with van der Waals surface area (Å²) in [5, 5.41) is 0. The molecule has 6 heteroatoms. The molecule has 0 saturated heterocycles. The Kier molecular flexibility index (Phi) is 4.27. The molecule has 1 aromatic heterocycles. The number of pyridine rings is 1. The first-order valence-corrected chi connectivity index (χ1v) is 6.31. The van der Waals surface area contributed by atoms with Crippen LogP contribution in [-0.2, 0) is 12.6 Å². The van der Waals surface area contributed by atoms with Crippen molar-refractivity contribution in [1.29, 1.82) is 0 Å². The first-order chi connectivity index (χ1) is 9.79. The van der Waals surface area contributed by atoms with E-state index < -0.39 is 23.6 Å². The van der Waals surface area contributed by atoms with Gasteiger partial charge in [-0.25, -0.2) is 4.39 Å². The van der Waals surface area contributed by atoms with E-state index in [1.165, 1.54) is 6.07 Å². The van der Waals surface area contributed by atoms with Gasteiger partial charge in [-0.3, -0.25) is 4.98 Å². The van der Waals surface area contributed by atoms with Crippen molar-refractivity contribution in [2.75, 3.05) is 0 Å². The molecule has 2 N–H and O–H groups in total. The third kappa shape index (κ3) is 3.58. The first-order valence-electron chi connectivity index (χ1n) is 6.31. The van der Waals surface area contributed by atoms with Gasteiger partial charge in [-0.05, 0) is 24.6 Å². The van der Waals surface area contributed by atoms with Crippen molar-refractivity contribution in [2.45, 2.75) is 25.6 Å². The molecular weight excluding hydrogens is 284 g/mol. The van der Waals surface area contributed by atoms with Gasteiger partial charge < -0.3 is 5.73 Å². The van der Waals surface area contributed by atoms with Gasteiger partial charge in [0.15, 0.2) is 0 Å². The molecule has 0 spiro atoms. The summed E-state index contributed by atoms with van der Waals surface area (Å²) in [6.45, 7) is 1.86. The normalized spacial score (nSPS) is 13.2. The summed E-state index contributed by atoms with van der Waals surface area (Å²) in [6.07, 6.45) is -2.94. The van der Waals surface area contributed by atoms with E-state index in [9.17, 15) is 17.6 Å². The van der Waals surface area contributed by atoms with Crippen LogP contribution in [0.25, 0.3) is 0 Å². The lowest BCUT2D eigenvalue weighted by Gasteiger charge is -2.16. The van der Waals surface area contributed by atoms with Gasteiger partial charge in [0.1, 0.15) is 5.82 Å². The van der Waals surface area contributed by atoms with Gasteiger partial charge >= 0.3 is 6.18 Å². The standard InChI is InChI=1S/C15H14F4N2/c1-9-5-6-10(21-8-9)7-13(20)11-3-2-4-12(14(11)16)15(17,18)19/h2-6,8,13H,7,20H2,1H3. The SMILES string of the molecule is Cc1ccc(CC(N)c2cccc(C(F)(F)F)c2F)nc1. The Hall–Kier alpha value is -1.95. The monoisotopic (exact) mass is 298 g/mol. The van der Waals surface area contributed by atoms with Crippen LogP contribution < -0.4 is 5.73 Å². The summed E-state index contributed by atoms with van der Waals surface area (Å²) in [5.74, 6) is -1.32. The Labute approximate surface area is 119 Å². The highest BCUT2D eigenvalue weighted by molar-refractivity contribution is 5.31. The van der Waals surface area contributed by atoms with Crippen LogP contribution in [0.3, 0.4) is 0 Å².